The quantitative estimate of drug-likeness (QED) is 0.837. The third kappa shape index (κ3) is 3.28. The summed E-state index contributed by atoms with van der Waals surface area (Å²) in [7, 11) is 0. The number of nitrogens with one attached hydrogen (secondary N) is 1. The Hall–Kier alpha value is -1.92. The highest BCUT2D eigenvalue weighted by atomic mass is 16.5. The normalized spacial score (nSPS) is 26.3. The number of carbonyl (C=O) groups is 2. The molecule has 6 nitrogen and oxygen atoms in total. The largest absolute Gasteiger partial charge is 0.376 e. The Balaban J connectivity index is 1.61. The summed E-state index contributed by atoms with van der Waals surface area (Å²) < 4.78 is 5.48. The zero-order chi connectivity index (χ0) is 15.5. The average molecular weight is 303 g/mol. The number of amides is 3. The van der Waals surface area contributed by atoms with Crippen LogP contribution in [-0.4, -0.2) is 60.2 Å². The Morgan fingerprint density at radius 1 is 1.27 bits per heavy atom. The Morgan fingerprint density at radius 3 is 2.77 bits per heavy atom. The van der Waals surface area contributed by atoms with E-state index in [2.05, 4.69) is 10.2 Å². The number of morpholine rings is 1. The van der Waals surface area contributed by atoms with Crippen molar-refractivity contribution in [3.63, 3.8) is 0 Å². The summed E-state index contributed by atoms with van der Waals surface area (Å²) in [6.07, 6.45) is 0.663. The smallest absolute Gasteiger partial charge is 0.325 e. The molecule has 2 atom stereocenters. The Bertz CT molecular complexity index is 549. The van der Waals surface area contributed by atoms with Gasteiger partial charge in [-0.1, -0.05) is 30.3 Å². The van der Waals surface area contributed by atoms with Gasteiger partial charge in [0.2, 0.25) is 0 Å². The summed E-state index contributed by atoms with van der Waals surface area (Å²) in [4.78, 5) is 27.9. The molecule has 0 radical (unpaired) electrons. The number of ether oxygens (including phenoxy) is 1. The van der Waals surface area contributed by atoms with E-state index < -0.39 is 6.04 Å². The minimum atomic E-state index is -0.464. The SMILES string of the molecule is C[C@H]1CN(CN2C(=O)N[C@@H](Cc3ccccc3)C2=O)CCO1. The second kappa shape index (κ2) is 6.46. The zero-order valence-electron chi connectivity index (χ0n) is 12.7. The predicted molar refractivity (Wildman–Crippen MR) is 81.2 cm³/mol. The van der Waals surface area contributed by atoms with Crippen LogP contribution in [0.25, 0.3) is 0 Å². The van der Waals surface area contributed by atoms with E-state index in [4.69, 9.17) is 4.74 Å². The van der Waals surface area contributed by atoms with E-state index >= 15 is 0 Å². The second-order valence-electron chi connectivity index (χ2n) is 5.86. The summed E-state index contributed by atoms with van der Waals surface area (Å²) >= 11 is 0. The van der Waals surface area contributed by atoms with Gasteiger partial charge < -0.3 is 10.1 Å². The van der Waals surface area contributed by atoms with Crippen molar-refractivity contribution in [2.45, 2.75) is 25.5 Å². The van der Waals surface area contributed by atoms with Gasteiger partial charge in [0, 0.05) is 19.5 Å². The maximum atomic E-state index is 12.5. The number of benzene rings is 1. The summed E-state index contributed by atoms with van der Waals surface area (Å²) in [5.74, 6) is -0.145. The van der Waals surface area contributed by atoms with E-state index in [1.54, 1.807) is 0 Å². The maximum absolute atomic E-state index is 12.5. The van der Waals surface area contributed by atoms with Gasteiger partial charge >= 0.3 is 6.03 Å². The van der Waals surface area contributed by atoms with Gasteiger partial charge in [0.05, 0.1) is 19.4 Å². The Labute approximate surface area is 130 Å². The molecule has 0 spiro atoms. The fourth-order valence-corrected chi connectivity index (χ4v) is 2.92. The van der Waals surface area contributed by atoms with E-state index in [9.17, 15) is 9.59 Å². The van der Waals surface area contributed by atoms with Crippen molar-refractivity contribution < 1.29 is 14.3 Å². The van der Waals surface area contributed by atoms with Crippen molar-refractivity contribution in [1.82, 2.24) is 15.1 Å². The number of hydrogen-bond donors (Lipinski definition) is 1. The lowest BCUT2D eigenvalue weighted by molar-refractivity contribution is -0.130. The first-order valence-corrected chi connectivity index (χ1v) is 7.63. The first-order chi connectivity index (χ1) is 10.6. The second-order valence-corrected chi connectivity index (χ2v) is 5.86. The molecule has 1 aromatic carbocycles. The Kier molecular flexibility index (Phi) is 4.40. The highest BCUT2D eigenvalue weighted by Gasteiger charge is 2.39. The van der Waals surface area contributed by atoms with E-state index in [-0.39, 0.29) is 18.0 Å². The minimum absolute atomic E-state index is 0.134. The molecule has 2 saturated heterocycles. The molecule has 1 aromatic rings. The van der Waals surface area contributed by atoms with Crippen molar-refractivity contribution >= 4 is 11.9 Å². The van der Waals surface area contributed by atoms with Crippen molar-refractivity contribution in [2.24, 2.45) is 0 Å². The molecule has 6 heteroatoms. The van der Waals surface area contributed by atoms with Gasteiger partial charge in [0.1, 0.15) is 6.04 Å². The topological polar surface area (TPSA) is 61.9 Å². The summed E-state index contributed by atoms with van der Waals surface area (Å²) in [6.45, 7) is 4.45. The molecule has 118 valence electrons. The van der Waals surface area contributed by atoms with E-state index in [1.165, 1.54) is 4.90 Å². The summed E-state index contributed by atoms with van der Waals surface area (Å²) in [5.41, 5.74) is 1.04. The molecule has 2 heterocycles. The van der Waals surface area contributed by atoms with Crippen molar-refractivity contribution in [3.05, 3.63) is 35.9 Å². The zero-order valence-corrected chi connectivity index (χ0v) is 12.7. The van der Waals surface area contributed by atoms with E-state index in [1.807, 2.05) is 37.3 Å². The van der Waals surface area contributed by atoms with Crippen molar-refractivity contribution in [3.8, 4) is 0 Å². The first-order valence-electron chi connectivity index (χ1n) is 7.63. The lowest BCUT2D eigenvalue weighted by Crippen LogP contribution is -2.48. The van der Waals surface area contributed by atoms with Crippen LogP contribution in [0.15, 0.2) is 30.3 Å². The van der Waals surface area contributed by atoms with Crippen LogP contribution in [0.3, 0.4) is 0 Å². The highest BCUT2D eigenvalue weighted by molar-refractivity contribution is 6.04. The van der Waals surface area contributed by atoms with Crippen molar-refractivity contribution in [2.75, 3.05) is 26.4 Å². The molecule has 2 aliphatic heterocycles. The Morgan fingerprint density at radius 2 is 2.05 bits per heavy atom. The standard InChI is InChI=1S/C16H21N3O3/c1-12-10-18(7-8-22-12)11-19-15(20)14(17-16(19)21)9-13-5-3-2-4-6-13/h2-6,12,14H,7-11H2,1H3,(H,17,21)/t12-,14-/m0/s1. The van der Waals surface area contributed by atoms with Gasteiger partial charge in [0.15, 0.2) is 0 Å². The summed E-state index contributed by atoms with van der Waals surface area (Å²) in [6, 6.07) is 8.97. The number of urea groups is 1. The molecule has 0 aliphatic carbocycles. The number of hydrogen-bond acceptors (Lipinski definition) is 4. The summed E-state index contributed by atoms with van der Waals surface area (Å²) in [5, 5.41) is 2.78. The van der Waals surface area contributed by atoms with Crippen LogP contribution in [0.4, 0.5) is 4.79 Å². The number of rotatable bonds is 4. The molecule has 2 aliphatic rings. The van der Waals surface area contributed by atoms with E-state index in [0.717, 1.165) is 18.7 Å². The molecule has 1 N–H and O–H groups in total. The van der Waals surface area contributed by atoms with Gasteiger partial charge in [0.25, 0.3) is 5.91 Å². The van der Waals surface area contributed by atoms with Crippen LogP contribution in [0.5, 0.6) is 0 Å². The number of nitrogens with zero attached hydrogens (tertiary/aromatic N) is 2. The molecule has 0 saturated carbocycles. The van der Waals surface area contributed by atoms with Gasteiger partial charge in [-0.25, -0.2) is 9.69 Å². The number of imide groups is 1. The monoisotopic (exact) mass is 303 g/mol. The lowest BCUT2D eigenvalue weighted by atomic mass is 10.1. The molecule has 3 rings (SSSR count). The molecule has 0 unspecified atom stereocenters. The van der Waals surface area contributed by atoms with E-state index in [0.29, 0.717) is 19.7 Å². The van der Waals surface area contributed by atoms with Crippen LogP contribution >= 0.6 is 0 Å². The molecule has 2 fully saturated rings. The molecule has 0 aromatic heterocycles. The average Bonchev–Trinajstić information content (AvgIpc) is 2.76. The van der Waals surface area contributed by atoms with Gasteiger partial charge in [-0.05, 0) is 12.5 Å². The van der Waals surface area contributed by atoms with Gasteiger partial charge in [-0.3, -0.25) is 9.69 Å². The lowest BCUT2D eigenvalue weighted by Gasteiger charge is -2.32. The minimum Gasteiger partial charge on any atom is -0.376 e. The van der Waals surface area contributed by atoms with Gasteiger partial charge in [-0.15, -0.1) is 0 Å². The fraction of sp³-hybridized carbons (Fsp3) is 0.500. The van der Waals surface area contributed by atoms with Crippen LogP contribution in [0, 0.1) is 0 Å². The predicted octanol–water partition coefficient (Wildman–Crippen LogP) is 0.828. The molecular formula is C16H21N3O3. The van der Waals surface area contributed by atoms with Gasteiger partial charge in [-0.2, -0.15) is 0 Å². The van der Waals surface area contributed by atoms with Crippen LogP contribution in [-0.2, 0) is 16.0 Å². The molecular weight excluding hydrogens is 282 g/mol. The molecule has 3 amide bonds. The van der Waals surface area contributed by atoms with Crippen molar-refractivity contribution in [1.29, 1.82) is 0 Å². The fourth-order valence-electron chi connectivity index (χ4n) is 2.92. The highest BCUT2D eigenvalue weighted by Crippen LogP contribution is 2.14. The molecule has 22 heavy (non-hydrogen) atoms. The van der Waals surface area contributed by atoms with Crippen LogP contribution < -0.4 is 5.32 Å². The third-order valence-corrected chi connectivity index (χ3v) is 4.06. The first kappa shape index (κ1) is 15.0. The van der Waals surface area contributed by atoms with Crippen LogP contribution in [0.1, 0.15) is 12.5 Å². The maximum Gasteiger partial charge on any atom is 0.325 e. The molecule has 0 bridgehead atoms. The number of carbonyl (C=O) groups excluding carboxylic acids is 2. The third-order valence-electron chi connectivity index (χ3n) is 4.06. The van der Waals surface area contributed by atoms with Crippen LogP contribution in [0.2, 0.25) is 0 Å².